The van der Waals surface area contributed by atoms with Gasteiger partial charge in [-0.1, -0.05) is 23.4 Å². The number of benzene rings is 2. The Bertz CT molecular complexity index is 905. The monoisotopic (exact) mass is 340 g/mol. The van der Waals surface area contributed by atoms with E-state index in [0.29, 0.717) is 22.8 Å². The zero-order valence-electron chi connectivity index (χ0n) is 13.9. The number of aryl methyl sites for hydroxylation is 2. The predicted molar refractivity (Wildman–Crippen MR) is 91.1 cm³/mol. The van der Waals surface area contributed by atoms with Gasteiger partial charge in [0.1, 0.15) is 23.9 Å². The van der Waals surface area contributed by atoms with E-state index in [-0.39, 0.29) is 12.3 Å². The summed E-state index contributed by atoms with van der Waals surface area (Å²) in [6.07, 6.45) is 0. The van der Waals surface area contributed by atoms with Gasteiger partial charge in [-0.15, -0.1) is 0 Å². The average molecular weight is 340 g/mol. The third kappa shape index (κ3) is 4.03. The standard InChI is InChI=1S/C19H17FN2O3/c1-12-5-3-8-16(9-12)24-11-17-13(2)25-22-18(17)19(23)21-15-7-4-6-14(20)10-15/h3-10H,11H2,1-2H3,(H,21,23). The molecule has 5 nitrogen and oxygen atoms in total. The van der Waals surface area contributed by atoms with Crippen LogP contribution < -0.4 is 10.1 Å². The van der Waals surface area contributed by atoms with E-state index in [0.717, 1.165) is 5.56 Å². The Labute approximate surface area is 144 Å². The van der Waals surface area contributed by atoms with E-state index in [1.54, 1.807) is 13.0 Å². The highest BCUT2D eigenvalue weighted by Gasteiger charge is 2.20. The third-order valence-electron chi connectivity index (χ3n) is 3.65. The molecule has 1 N–H and O–H groups in total. The number of carbonyl (C=O) groups excluding carboxylic acids is 1. The van der Waals surface area contributed by atoms with E-state index in [9.17, 15) is 9.18 Å². The highest BCUT2D eigenvalue weighted by atomic mass is 19.1. The first kappa shape index (κ1) is 16.7. The normalized spacial score (nSPS) is 10.5. The van der Waals surface area contributed by atoms with Crippen molar-refractivity contribution in [2.45, 2.75) is 20.5 Å². The van der Waals surface area contributed by atoms with Gasteiger partial charge in [-0.25, -0.2) is 4.39 Å². The van der Waals surface area contributed by atoms with Crippen LogP contribution in [0.5, 0.6) is 5.75 Å². The molecular formula is C19H17FN2O3. The molecule has 0 unspecified atom stereocenters. The van der Waals surface area contributed by atoms with Gasteiger partial charge in [0, 0.05) is 5.69 Å². The lowest BCUT2D eigenvalue weighted by Gasteiger charge is -2.08. The van der Waals surface area contributed by atoms with E-state index >= 15 is 0 Å². The number of ether oxygens (including phenoxy) is 1. The molecule has 1 heterocycles. The first-order valence-corrected chi connectivity index (χ1v) is 7.74. The Morgan fingerprint density at radius 3 is 2.76 bits per heavy atom. The van der Waals surface area contributed by atoms with Crippen LogP contribution in [0.1, 0.15) is 27.4 Å². The fourth-order valence-electron chi connectivity index (χ4n) is 2.36. The van der Waals surface area contributed by atoms with E-state index < -0.39 is 11.7 Å². The number of nitrogens with one attached hydrogen (secondary N) is 1. The maximum Gasteiger partial charge on any atom is 0.278 e. The van der Waals surface area contributed by atoms with Crippen LogP contribution in [-0.4, -0.2) is 11.1 Å². The van der Waals surface area contributed by atoms with Crippen LogP contribution >= 0.6 is 0 Å². The molecule has 0 bridgehead atoms. The fourth-order valence-corrected chi connectivity index (χ4v) is 2.36. The van der Waals surface area contributed by atoms with Gasteiger partial charge < -0.3 is 14.6 Å². The molecule has 0 atom stereocenters. The molecule has 0 aliphatic heterocycles. The van der Waals surface area contributed by atoms with Crippen LogP contribution in [0.2, 0.25) is 0 Å². The largest absolute Gasteiger partial charge is 0.489 e. The van der Waals surface area contributed by atoms with Gasteiger partial charge in [-0.2, -0.15) is 0 Å². The second-order valence-corrected chi connectivity index (χ2v) is 5.64. The Balaban J connectivity index is 1.75. The zero-order chi connectivity index (χ0) is 17.8. The van der Waals surface area contributed by atoms with E-state index in [2.05, 4.69) is 10.5 Å². The van der Waals surface area contributed by atoms with Gasteiger partial charge in [-0.3, -0.25) is 4.79 Å². The molecule has 0 fully saturated rings. The van der Waals surface area contributed by atoms with Crippen molar-refractivity contribution < 1.29 is 18.4 Å². The van der Waals surface area contributed by atoms with Crippen molar-refractivity contribution in [3.63, 3.8) is 0 Å². The minimum absolute atomic E-state index is 0.120. The lowest BCUT2D eigenvalue weighted by Crippen LogP contribution is -2.15. The summed E-state index contributed by atoms with van der Waals surface area (Å²) in [4.78, 5) is 12.4. The molecule has 3 rings (SSSR count). The summed E-state index contributed by atoms with van der Waals surface area (Å²) in [6, 6.07) is 13.2. The number of hydrogen-bond donors (Lipinski definition) is 1. The number of anilines is 1. The van der Waals surface area contributed by atoms with Crippen molar-refractivity contribution in [1.29, 1.82) is 0 Å². The maximum absolute atomic E-state index is 13.2. The summed E-state index contributed by atoms with van der Waals surface area (Å²) < 4.78 is 24.1. The van der Waals surface area contributed by atoms with Crippen LogP contribution in [0.3, 0.4) is 0 Å². The van der Waals surface area contributed by atoms with Crippen LogP contribution in [0.4, 0.5) is 10.1 Å². The lowest BCUT2D eigenvalue weighted by atomic mass is 10.2. The Kier molecular flexibility index (Phi) is 4.79. The number of carbonyl (C=O) groups is 1. The molecule has 0 saturated carbocycles. The number of amides is 1. The maximum atomic E-state index is 13.2. The molecule has 0 saturated heterocycles. The summed E-state index contributed by atoms with van der Waals surface area (Å²) >= 11 is 0. The van der Waals surface area contributed by atoms with Crippen LogP contribution in [0.15, 0.2) is 53.1 Å². The Morgan fingerprint density at radius 1 is 1.20 bits per heavy atom. The summed E-state index contributed by atoms with van der Waals surface area (Å²) in [5, 5.41) is 6.41. The first-order chi connectivity index (χ1) is 12.0. The molecule has 0 spiro atoms. The molecule has 1 aromatic heterocycles. The molecule has 128 valence electrons. The molecule has 3 aromatic rings. The first-order valence-electron chi connectivity index (χ1n) is 7.74. The molecule has 25 heavy (non-hydrogen) atoms. The molecule has 0 aliphatic rings. The lowest BCUT2D eigenvalue weighted by molar-refractivity contribution is 0.101. The second kappa shape index (κ2) is 7.17. The quantitative estimate of drug-likeness (QED) is 0.754. The minimum atomic E-state index is -0.481. The number of aromatic nitrogens is 1. The average Bonchev–Trinajstić information content (AvgIpc) is 2.94. The molecule has 1 amide bonds. The van der Waals surface area contributed by atoms with Crippen molar-refractivity contribution in [3.8, 4) is 5.75 Å². The molecule has 6 heteroatoms. The van der Waals surface area contributed by atoms with E-state index in [1.165, 1.54) is 18.2 Å². The van der Waals surface area contributed by atoms with Gasteiger partial charge in [0.15, 0.2) is 5.69 Å². The second-order valence-electron chi connectivity index (χ2n) is 5.64. The summed E-state index contributed by atoms with van der Waals surface area (Å²) in [5.41, 5.74) is 2.09. The highest BCUT2D eigenvalue weighted by molar-refractivity contribution is 6.03. The SMILES string of the molecule is Cc1cccc(OCc2c(C(=O)Nc3cccc(F)c3)noc2C)c1. The van der Waals surface area contributed by atoms with Crippen LogP contribution in [0, 0.1) is 19.7 Å². The fraction of sp³-hybridized carbons (Fsp3) is 0.158. The Morgan fingerprint density at radius 2 is 2.00 bits per heavy atom. The van der Waals surface area contributed by atoms with Crippen LogP contribution in [-0.2, 0) is 6.61 Å². The Hall–Kier alpha value is -3.15. The number of halogens is 1. The summed E-state index contributed by atoms with van der Waals surface area (Å²) in [6.45, 7) is 3.82. The number of rotatable bonds is 5. The van der Waals surface area contributed by atoms with Gasteiger partial charge in [0.2, 0.25) is 0 Å². The third-order valence-corrected chi connectivity index (χ3v) is 3.65. The summed E-state index contributed by atoms with van der Waals surface area (Å²) in [7, 11) is 0. The molecule has 0 aliphatic carbocycles. The van der Waals surface area contributed by atoms with Gasteiger partial charge in [0.05, 0.1) is 5.56 Å². The van der Waals surface area contributed by atoms with E-state index in [1.807, 2.05) is 31.2 Å². The minimum Gasteiger partial charge on any atom is -0.489 e. The summed E-state index contributed by atoms with van der Waals surface area (Å²) in [5.74, 6) is 0.275. The van der Waals surface area contributed by atoms with Crippen molar-refractivity contribution in [2.24, 2.45) is 0 Å². The zero-order valence-corrected chi connectivity index (χ0v) is 13.9. The van der Waals surface area contributed by atoms with Gasteiger partial charge >= 0.3 is 0 Å². The van der Waals surface area contributed by atoms with Crippen molar-refractivity contribution in [2.75, 3.05) is 5.32 Å². The van der Waals surface area contributed by atoms with Gasteiger partial charge in [0.25, 0.3) is 5.91 Å². The highest BCUT2D eigenvalue weighted by Crippen LogP contribution is 2.20. The predicted octanol–water partition coefficient (Wildman–Crippen LogP) is 4.26. The number of nitrogens with zero attached hydrogens (tertiary/aromatic N) is 1. The topological polar surface area (TPSA) is 64.4 Å². The van der Waals surface area contributed by atoms with Gasteiger partial charge in [-0.05, 0) is 49.7 Å². The van der Waals surface area contributed by atoms with E-state index in [4.69, 9.17) is 9.26 Å². The number of hydrogen-bond acceptors (Lipinski definition) is 4. The molecule has 2 aromatic carbocycles. The van der Waals surface area contributed by atoms with Crippen molar-refractivity contribution in [1.82, 2.24) is 5.16 Å². The van der Waals surface area contributed by atoms with Crippen LogP contribution in [0.25, 0.3) is 0 Å². The van der Waals surface area contributed by atoms with Crippen molar-refractivity contribution in [3.05, 3.63) is 76.9 Å². The smallest absolute Gasteiger partial charge is 0.278 e. The van der Waals surface area contributed by atoms with Crippen molar-refractivity contribution >= 4 is 11.6 Å². The molecule has 0 radical (unpaired) electrons. The molecular weight excluding hydrogens is 323 g/mol.